The van der Waals surface area contributed by atoms with Crippen LogP contribution >= 0.6 is 0 Å². The van der Waals surface area contributed by atoms with E-state index in [0.717, 1.165) is 37.4 Å². The summed E-state index contributed by atoms with van der Waals surface area (Å²) in [6.45, 7) is 9.74. The molecule has 0 bridgehead atoms. The van der Waals surface area contributed by atoms with Crippen molar-refractivity contribution in [2.24, 2.45) is 0 Å². The summed E-state index contributed by atoms with van der Waals surface area (Å²) >= 11 is 0. The molecule has 2 nitrogen and oxygen atoms in total. The fourth-order valence-electron chi connectivity index (χ4n) is 1.31. The maximum atomic E-state index is 5.51. The topological polar surface area (TPSA) is 21.3 Å². The number of rotatable bonds is 7. The molecule has 88 valence electrons. The molecule has 0 heterocycles. The van der Waals surface area contributed by atoms with Crippen LogP contribution in [0.5, 0.6) is 5.75 Å². The van der Waals surface area contributed by atoms with Crippen molar-refractivity contribution in [1.82, 2.24) is 0 Å². The van der Waals surface area contributed by atoms with Crippen LogP contribution in [0.3, 0.4) is 0 Å². The summed E-state index contributed by atoms with van der Waals surface area (Å²) in [5, 5.41) is 3.34. The van der Waals surface area contributed by atoms with Gasteiger partial charge in [0, 0.05) is 12.2 Å². The van der Waals surface area contributed by atoms with Crippen LogP contribution in [0, 0.1) is 0 Å². The molecule has 0 saturated heterocycles. The lowest BCUT2D eigenvalue weighted by Gasteiger charge is -2.08. The summed E-state index contributed by atoms with van der Waals surface area (Å²) in [6.07, 6.45) is 2.05. The molecule has 0 radical (unpaired) electrons. The van der Waals surface area contributed by atoms with E-state index in [1.54, 1.807) is 0 Å². The molecule has 0 amide bonds. The van der Waals surface area contributed by atoms with E-state index in [0.29, 0.717) is 0 Å². The van der Waals surface area contributed by atoms with Crippen LogP contribution in [-0.2, 0) is 0 Å². The maximum Gasteiger partial charge on any atom is 0.119 e. The van der Waals surface area contributed by atoms with E-state index in [1.807, 2.05) is 31.2 Å². The number of hydrogen-bond acceptors (Lipinski definition) is 2. The molecule has 0 saturated carbocycles. The van der Waals surface area contributed by atoms with Crippen molar-refractivity contribution in [2.75, 3.05) is 18.5 Å². The quantitative estimate of drug-likeness (QED) is 0.703. The minimum atomic E-state index is 0.780. The molecule has 16 heavy (non-hydrogen) atoms. The predicted molar refractivity (Wildman–Crippen MR) is 70.1 cm³/mol. The predicted octanol–water partition coefficient (Wildman–Crippen LogP) is 3.85. The van der Waals surface area contributed by atoms with Gasteiger partial charge in [0.1, 0.15) is 5.75 Å². The molecule has 0 aromatic heterocycles. The van der Waals surface area contributed by atoms with Gasteiger partial charge in [0.05, 0.1) is 6.61 Å². The molecule has 0 aliphatic rings. The molecule has 0 unspecified atom stereocenters. The van der Waals surface area contributed by atoms with Gasteiger partial charge in [-0.25, -0.2) is 0 Å². The lowest BCUT2D eigenvalue weighted by atomic mass is 10.2. The molecule has 0 fully saturated rings. The zero-order valence-corrected chi connectivity index (χ0v) is 10.3. The SMILES string of the molecule is C=C(C)CCNc1ccc(OCCC)cc1. The third-order valence-corrected chi connectivity index (χ3v) is 2.21. The first kappa shape index (κ1) is 12.6. The molecule has 1 rings (SSSR count). The van der Waals surface area contributed by atoms with Gasteiger partial charge in [-0.3, -0.25) is 0 Å². The first-order valence-corrected chi connectivity index (χ1v) is 5.83. The Morgan fingerprint density at radius 1 is 1.31 bits per heavy atom. The summed E-state index contributed by atoms with van der Waals surface area (Å²) in [4.78, 5) is 0. The van der Waals surface area contributed by atoms with E-state index in [4.69, 9.17) is 4.74 Å². The monoisotopic (exact) mass is 219 g/mol. The zero-order valence-electron chi connectivity index (χ0n) is 10.3. The number of nitrogens with one attached hydrogen (secondary N) is 1. The van der Waals surface area contributed by atoms with E-state index in [1.165, 1.54) is 5.57 Å². The average molecular weight is 219 g/mol. The van der Waals surface area contributed by atoms with Crippen LogP contribution in [-0.4, -0.2) is 13.2 Å². The Balaban J connectivity index is 2.36. The highest BCUT2D eigenvalue weighted by molar-refractivity contribution is 5.46. The maximum absolute atomic E-state index is 5.51. The van der Waals surface area contributed by atoms with Gasteiger partial charge >= 0.3 is 0 Å². The van der Waals surface area contributed by atoms with Crippen molar-refractivity contribution in [3.8, 4) is 5.75 Å². The molecule has 0 aliphatic heterocycles. The van der Waals surface area contributed by atoms with E-state index in [2.05, 4.69) is 18.8 Å². The number of ether oxygens (including phenoxy) is 1. The number of anilines is 1. The van der Waals surface area contributed by atoms with Gasteiger partial charge in [0.2, 0.25) is 0 Å². The van der Waals surface area contributed by atoms with Crippen molar-refractivity contribution >= 4 is 5.69 Å². The number of hydrogen-bond donors (Lipinski definition) is 1. The molecule has 0 spiro atoms. The molecule has 1 aromatic rings. The summed E-state index contributed by atoms with van der Waals surface area (Å²) < 4.78 is 5.51. The summed E-state index contributed by atoms with van der Waals surface area (Å²) in [7, 11) is 0. The van der Waals surface area contributed by atoms with Crippen molar-refractivity contribution in [3.63, 3.8) is 0 Å². The second-order valence-corrected chi connectivity index (χ2v) is 4.01. The Morgan fingerprint density at radius 3 is 2.56 bits per heavy atom. The molecule has 1 N–H and O–H groups in total. The molecular formula is C14H21NO. The fourth-order valence-corrected chi connectivity index (χ4v) is 1.31. The van der Waals surface area contributed by atoms with Gasteiger partial charge in [-0.1, -0.05) is 12.5 Å². The standard InChI is InChI=1S/C14H21NO/c1-4-11-16-14-7-5-13(6-8-14)15-10-9-12(2)3/h5-8,15H,2,4,9-11H2,1,3H3. The van der Waals surface area contributed by atoms with Crippen LogP contribution in [0.15, 0.2) is 36.4 Å². The summed E-state index contributed by atoms with van der Waals surface area (Å²) in [5.41, 5.74) is 2.33. The Kier molecular flexibility index (Phi) is 5.48. The fraction of sp³-hybridized carbons (Fsp3) is 0.429. The third kappa shape index (κ3) is 4.87. The van der Waals surface area contributed by atoms with Gasteiger partial charge < -0.3 is 10.1 Å². The Morgan fingerprint density at radius 2 is 2.00 bits per heavy atom. The van der Waals surface area contributed by atoms with Crippen LogP contribution in [0.4, 0.5) is 5.69 Å². The Bertz CT molecular complexity index is 316. The van der Waals surface area contributed by atoms with E-state index >= 15 is 0 Å². The smallest absolute Gasteiger partial charge is 0.119 e. The largest absolute Gasteiger partial charge is 0.494 e. The van der Waals surface area contributed by atoms with Crippen molar-refractivity contribution in [2.45, 2.75) is 26.7 Å². The van der Waals surface area contributed by atoms with Gasteiger partial charge in [-0.2, -0.15) is 0 Å². The normalized spacial score (nSPS) is 9.88. The number of benzene rings is 1. The van der Waals surface area contributed by atoms with E-state index in [9.17, 15) is 0 Å². The van der Waals surface area contributed by atoms with Crippen LogP contribution in [0.2, 0.25) is 0 Å². The Hall–Kier alpha value is -1.44. The van der Waals surface area contributed by atoms with Crippen molar-refractivity contribution < 1.29 is 4.74 Å². The van der Waals surface area contributed by atoms with Gasteiger partial charge in [-0.15, -0.1) is 6.58 Å². The molecule has 0 atom stereocenters. The minimum absolute atomic E-state index is 0.780. The average Bonchev–Trinajstić information content (AvgIpc) is 2.27. The second-order valence-electron chi connectivity index (χ2n) is 4.01. The van der Waals surface area contributed by atoms with Crippen LogP contribution in [0.1, 0.15) is 26.7 Å². The minimum Gasteiger partial charge on any atom is -0.494 e. The Labute approximate surface area is 98.3 Å². The first-order valence-electron chi connectivity index (χ1n) is 5.83. The molecular weight excluding hydrogens is 198 g/mol. The van der Waals surface area contributed by atoms with E-state index < -0.39 is 0 Å². The molecule has 0 aliphatic carbocycles. The second kappa shape index (κ2) is 6.94. The first-order chi connectivity index (χ1) is 7.72. The van der Waals surface area contributed by atoms with Crippen molar-refractivity contribution in [3.05, 3.63) is 36.4 Å². The lowest BCUT2D eigenvalue weighted by molar-refractivity contribution is 0.317. The third-order valence-electron chi connectivity index (χ3n) is 2.21. The van der Waals surface area contributed by atoms with Crippen LogP contribution in [0.25, 0.3) is 0 Å². The molecule has 1 aromatic carbocycles. The van der Waals surface area contributed by atoms with Gasteiger partial charge in [0.15, 0.2) is 0 Å². The zero-order chi connectivity index (χ0) is 11.8. The van der Waals surface area contributed by atoms with Gasteiger partial charge in [0.25, 0.3) is 0 Å². The van der Waals surface area contributed by atoms with E-state index in [-0.39, 0.29) is 0 Å². The van der Waals surface area contributed by atoms with Crippen molar-refractivity contribution in [1.29, 1.82) is 0 Å². The summed E-state index contributed by atoms with van der Waals surface area (Å²) in [5.74, 6) is 0.937. The van der Waals surface area contributed by atoms with Crippen LogP contribution < -0.4 is 10.1 Å². The highest BCUT2D eigenvalue weighted by Gasteiger charge is 1.94. The summed E-state index contributed by atoms with van der Waals surface area (Å²) in [6, 6.07) is 8.09. The lowest BCUT2D eigenvalue weighted by Crippen LogP contribution is -2.01. The van der Waals surface area contributed by atoms with Gasteiger partial charge in [-0.05, 0) is 44.0 Å². The highest BCUT2D eigenvalue weighted by Crippen LogP contribution is 2.15. The molecule has 2 heteroatoms. The highest BCUT2D eigenvalue weighted by atomic mass is 16.5.